The summed E-state index contributed by atoms with van der Waals surface area (Å²) in [6, 6.07) is 0. The van der Waals surface area contributed by atoms with Crippen molar-refractivity contribution >= 4 is 5.97 Å². The van der Waals surface area contributed by atoms with E-state index >= 15 is 0 Å². The van der Waals surface area contributed by atoms with Gasteiger partial charge >= 0.3 is 5.97 Å². The fraction of sp³-hybridized carbons (Fsp3) is 0.958. The molecule has 4 rings (SSSR count). The Morgan fingerprint density at radius 2 is 1.64 bits per heavy atom. The molecule has 4 fully saturated rings. The SMILES string of the molecule is C[C@H](CCC(=O)O)C1CC[C@H]2[C@@H]3C[C@H](O)[C@@H]4C[C@H](O)CC[C@]4(C)[C@H]3CC[C@]12C. The first-order valence-corrected chi connectivity index (χ1v) is 11.7. The van der Waals surface area contributed by atoms with E-state index in [1.54, 1.807) is 0 Å². The van der Waals surface area contributed by atoms with Gasteiger partial charge in [-0.05, 0) is 104 Å². The van der Waals surface area contributed by atoms with E-state index in [4.69, 9.17) is 5.11 Å². The topological polar surface area (TPSA) is 77.8 Å². The van der Waals surface area contributed by atoms with Crippen molar-refractivity contribution in [3.05, 3.63) is 0 Å². The molecule has 0 aromatic carbocycles. The van der Waals surface area contributed by atoms with E-state index in [0.29, 0.717) is 35.0 Å². The zero-order valence-corrected chi connectivity index (χ0v) is 17.9. The van der Waals surface area contributed by atoms with E-state index in [9.17, 15) is 15.0 Å². The van der Waals surface area contributed by atoms with Gasteiger partial charge in [0, 0.05) is 6.42 Å². The summed E-state index contributed by atoms with van der Waals surface area (Å²) in [6.07, 6.45) is 9.16. The Kier molecular flexibility index (Phi) is 5.36. The van der Waals surface area contributed by atoms with Crippen molar-refractivity contribution in [2.45, 2.75) is 97.2 Å². The number of fused-ring (bicyclic) bond motifs is 5. The molecule has 4 saturated carbocycles. The number of aliphatic hydroxyl groups excluding tert-OH is 2. The Morgan fingerprint density at radius 3 is 2.36 bits per heavy atom. The molecule has 0 heterocycles. The highest BCUT2D eigenvalue weighted by Gasteiger charge is 2.62. The van der Waals surface area contributed by atoms with Gasteiger partial charge in [-0.15, -0.1) is 0 Å². The maximum absolute atomic E-state index is 11.1. The minimum Gasteiger partial charge on any atom is -0.481 e. The number of carboxylic acids is 1. The van der Waals surface area contributed by atoms with Crippen molar-refractivity contribution in [1.82, 2.24) is 0 Å². The van der Waals surface area contributed by atoms with Crippen LogP contribution >= 0.6 is 0 Å². The van der Waals surface area contributed by atoms with Crippen LogP contribution in [0.1, 0.15) is 85.0 Å². The molecule has 0 bridgehead atoms. The van der Waals surface area contributed by atoms with E-state index in [1.807, 2.05) is 0 Å². The van der Waals surface area contributed by atoms with Crippen LogP contribution in [-0.4, -0.2) is 33.5 Å². The first-order chi connectivity index (χ1) is 13.2. The number of rotatable bonds is 4. The second-order valence-electron chi connectivity index (χ2n) is 11.4. The van der Waals surface area contributed by atoms with Gasteiger partial charge in [0.25, 0.3) is 0 Å². The number of carbonyl (C=O) groups is 1. The Bertz CT molecular complexity index is 605. The fourth-order valence-corrected chi connectivity index (χ4v) is 8.81. The molecule has 160 valence electrons. The lowest BCUT2D eigenvalue weighted by Crippen LogP contribution is -2.58. The zero-order chi connectivity index (χ0) is 20.3. The summed E-state index contributed by atoms with van der Waals surface area (Å²) in [4.78, 5) is 11.1. The highest BCUT2D eigenvalue weighted by molar-refractivity contribution is 5.66. The third-order valence-electron chi connectivity index (χ3n) is 10.2. The van der Waals surface area contributed by atoms with E-state index in [-0.39, 0.29) is 30.0 Å². The largest absolute Gasteiger partial charge is 0.481 e. The number of carboxylic acid groups (broad SMARTS) is 1. The molecule has 3 N–H and O–H groups in total. The second kappa shape index (κ2) is 7.27. The monoisotopic (exact) mass is 392 g/mol. The maximum atomic E-state index is 11.1. The summed E-state index contributed by atoms with van der Waals surface area (Å²) >= 11 is 0. The quantitative estimate of drug-likeness (QED) is 0.659. The van der Waals surface area contributed by atoms with Crippen LogP contribution in [0.2, 0.25) is 0 Å². The standard InChI is InChI=1S/C24H40O4/c1-14(4-7-22(27)28)17-5-6-18-16-13-21(26)20-12-15(25)8-10-24(20,3)19(16)9-11-23(17,18)2/h14-21,25-26H,4-13H2,1-3H3,(H,27,28)/t14-,15-,16+,17?,18+,19+,20+,21+,23-,24-/m1/s1. The number of aliphatic carboxylic acids is 1. The highest BCUT2D eigenvalue weighted by atomic mass is 16.4. The molecule has 0 aromatic rings. The van der Waals surface area contributed by atoms with E-state index < -0.39 is 5.97 Å². The lowest BCUT2D eigenvalue weighted by atomic mass is 9.44. The van der Waals surface area contributed by atoms with Crippen molar-refractivity contribution < 1.29 is 20.1 Å². The van der Waals surface area contributed by atoms with Crippen LogP contribution in [0.5, 0.6) is 0 Å². The Labute approximate surface area is 170 Å². The van der Waals surface area contributed by atoms with Gasteiger partial charge in [0.2, 0.25) is 0 Å². The maximum Gasteiger partial charge on any atom is 0.303 e. The van der Waals surface area contributed by atoms with E-state index in [2.05, 4.69) is 20.8 Å². The van der Waals surface area contributed by atoms with Crippen molar-refractivity contribution in [3.8, 4) is 0 Å². The van der Waals surface area contributed by atoms with Crippen molar-refractivity contribution in [2.75, 3.05) is 0 Å². The molecule has 28 heavy (non-hydrogen) atoms. The van der Waals surface area contributed by atoms with Gasteiger partial charge < -0.3 is 15.3 Å². The summed E-state index contributed by atoms with van der Waals surface area (Å²) < 4.78 is 0. The number of hydrogen-bond donors (Lipinski definition) is 3. The lowest BCUT2D eigenvalue weighted by Gasteiger charge is -2.62. The van der Waals surface area contributed by atoms with Crippen LogP contribution in [0.15, 0.2) is 0 Å². The normalized spacial score (nSPS) is 51.7. The number of hydrogen-bond acceptors (Lipinski definition) is 3. The minimum absolute atomic E-state index is 0.176. The molecule has 0 aliphatic heterocycles. The smallest absolute Gasteiger partial charge is 0.303 e. The Balaban J connectivity index is 1.55. The average molecular weight is 393 g/mol. The second-order valence-corrected chi connectivity index (χ2v) is 11.4. The molecule has 4 aliphatic rings. The first kappa shape index (κ1) is 20.7. The van der Waals surface area contributed by atoms with Crippen molar-refractivity contribution in [2.24, 2.45) is 46.3 Å². The molecule has 0 amide bonds. The average Bonchev–Trinajstić information content (AvgIpc) is 2.99. The summed E-state index contributed by atoms with van der Waals surface area (Å²) in [7, 11) is 0. The molecular formula is C24H40O4. The zero-order valence-electron chi connectivity index (χ0n) is 17.9. The lowest BCUT2D eigenvalue weighted by molar-refractivity contribution is -0.172. The van der Waals surface area contributed by atoms with Gasteiger partial charge in [0.1, 0.15) is 0 Å². The molecule has 4 heteroatoms. The van der Waals surface area contributed by atoms with Crippen LogP contribution in [0.25, 0.3) is 0 Å². The molecule has 4 aliphatic carbocycles. The minimum atomic E-state index is -0.677. The van der Waals surface area contributed by atoms with Gasteiger partial charge in [-0.2, -0.15) is 0 Å². The van der Waals surface area contributed by atoms with Crippen LogP contribution in [0, 0.1) is 46.3 Å². The first-order valence-electron chi connectivity index (χ1n) is 11.7. The summed E-state index contributed by atoms with van der Waals surface area (Å²) in [5.41, 5.74) is 0.478. The van der Waals surface area contributed by atoms with Crippen molar-refractivity contribution in [3.63, 3.8) is 0 Å². The van der Waals surface area contributed by atoms with E-state index in [0.717, 1.165) is 32.1 Å². The third-order valence-corrected chi connectivity index (χ3v) is 10.2. The molecule has 1 unspecified atom stereocenters. The van der Waals surface area contributed by atoms with Crippen LogP contribution < -0.4 is 0 Å². The predicted molar refractivity (Wildman–Crippen MR) is 109 cm³/mol. The van der Waals surface area contributed by atoms with Crippen LogP contribution in [0.4, 0.5) is 0 Å². The molecule has 10 atom stereocenters. The Morgan fingerprint density at radius 1 is 0.964 bits per heavy atom. The number of aliphatic hydroxyl groups is 2. The molecule has 0 aromatic heterocycles. The predicted octanol–water partition coefficient (Wildman–Crippen LogP) is 4.48. The highest BCUT2D eigenvalue weighted by Crippen LogP contribution is 2.68. The summed E-state index contributed by atoms with van der Waals surface area (Å²) in [6.45, 7) is 7.16. The molecule has 0 saturated heterocycles. The molecule has 4 nitrogen and oxygen atoms in total. The van der Waals surface area contributed by atoms with Crippen LogP contribution in [0.3, 0.4) is 0 Å². The summed E-state index contributed by atoms with van der Waals surface area (Å²) in [5.74, 6) is 2.61. The Hall–Kier alpha value is -0.610. The van der Waals surface area contributed by atoms with Gasteiger partial charge in [0.15, 0.2) is 0 Å². The van der Waals surface area contributed by atoms with Gasteiger partial charge in [0.05, 0.1) is 12.2 Å². The van der Waals surface area contributed by atoms with Gasteiger partial charge in [-0.25, -0.2) is 0 Å². The third kappa shape index (κ3) is 3.14. The molecule has 0 spiro atoms. The van der Waals surface area contributed by atoms with Crippen LogP contribution in [-0.2, 0) is 4.79 Å². The van der Waals surface area contributed by atoms with Crippen molar-refractivity contribution in [1.29, 1.82) is 0 Å². The van der Waals surface area contributed by atoms with Gasteiger partial charge in [-0.3, -0.25) is 4.79 Å². The summed E-state index contributed by atoms with van der Waals surface area (Å²) in [5, 5.41) is 30.4. The van der Waals surface area contributed by atoms with E-state index in [1.165, 1.54) is 25.7 Å². The molecular weight excluding hydrogens is 352 g/mol. The fourth-order valence-electron chi connectivity index (χ4n) is 8.81. The van der Waals surface area contributed by atoms with Gasteiger partial charge in [-0.1, -0.05) is 20.8 Å². The molecule has 0 radical (unpaired) electrons.